The maximum Gasteiger partial charge on any atom is 0.416 e. The van der Waals surface area contributed by atoms with Crippen molar-refractivity contribution >= 4 is 89.1 Å². The van der Waals surface area contributed by atoms with Gasteiger partial charge in [0.05, 0.1) is 59.2 Å². The average molecular weight is 1300 g/mol. The van der Waals surface area contributed by atoms with Crippen molar-refractivity contribution in [3.63, 3.8) is 0 Å². The van der Waals surface area contributed by atoms with Crippen molar-refractivity contribution in [1.29, 1.82) is 0 Å². The number of urea groups is 2. The molecule has 0 spiro atoms. The molecule has 0 aliphatic heterocycles. The molecule has 86 heavy (non-hydrogen) atoms. The molecule has 3 aromatic carbocycles. The second kappa shape index (κ2) is 29.0. The molecule has 6 aromatic rings. The highest BCUT2D eigenvalue weighted by Gasteiger charge is 2.32. The number of carbonyl (C=O) groups excluding carboxylic acids is 4. The number of hydrogen-bond donors (Lipinski definition) is 6. The van der Waals surface area contributed by atoms with Crippen LogP contribution >= 0.6 is 11.6 Å². The summed E-state index contributed by atoms with van der Waals surface area (Å²) >= 11 is 5.76. The molecular weight excluding hydrogens is 1270 g/mol. The molecule has 3 aromatic heterocycles. The van der Waals surface area contributed by atoms with E-state index in [0.29, 0.717) is 24.5 Å². The van der Waals surface area contributed by atoms with Crippen molar-refractivity contribution in [3.8, 4) is 35.0 Å². The normalized spacial score (nSPS) is 11.2. The topological polar surface area (TPSA) is 425 Å². The standard InChI is InChI=1S/C15H10ClF3N2O6S.C15H18N6O6S.C14H10F4N4O7S/c1-28(25,26)20-14(22)10-7-9(3-4-12(10)21(23)24)27-13-5-2-8(6-11(13)16)15(17,18)19;1-21(2)13(22)9-6-5-7-16-12(9)28(24,25)20-15(23)19-14-17-10(26-3)8-11(18-14)27-4;15-11(16)28-8-5-9(29-12(17)18)20-13(19-8)21-14(25)22-30(26,27)7-4-2-1-3-6(7)10(23)24/h2-7H,1H3,(H,20,22);5-8H,1-4H3,(H2,17,18,19,20,23);1-5,11-12H,(H,23,24)(H2,19,20,21,22,25). The molecular formula is C44H38ClF7N12O19S3. The summed E-state index contributed by atoms with van der Waals surface area (Å²) in [6.07, 6.45) is -2.75. The Morgan fingerprint density at radius 1 is 0.686 bits per heavy atom. The number of alkyl halides is 7. The van der Waals surface area contributed by atoms with E-state index in [1.165, 1.54) is 74.5 Å². The van der Waals surface area contributed by atoms with Crippen molar-refractivity contribution in [2.45, 2.75) is 29.3 Å². The van der Waals surface area contributed by atoms with Crippen molar-refractivity contribution < 1.29 is 114 Å². The van der Waals surface area contributed by atoms with Crippen molar-refractivity contribution in [2.75, 3.05) is 45.2 Å². The molecule has 6 rings (SSSR count). The lowest BCUT2D eigenvalue weighted by molar-refractivity contribution is -0.385. The van der Waals surface area contributed by atoms with Gasteiger partial charge in [-0.25, -0.2) is 50.4 Å². The Balaban J connectivity index is 0.000000277. The van der Waals surface area contributed by atoms with Gasteiger partial charge in [0.25, 0.3) is 37.5 Å². The van der Waals surface area contributed by atoms with Gasteiger partial charge in [0.2, 0.25) is 45.4 Å². The number of rotatable bonds is 19. The number of carboxylic acid groups (broad SMARTS) is 1. The summed E-state index contributed by atoms with van der Waals surface area (Å²) in [6.45, 7) is -6.82. The van der Waals surface area contributed by atoms with E-state index in [1.807, 2.05) is 0 Å². The first-order valence-electron chi connectivity index (χ1n) is 22.2. The maximum absolute atomic E-state index is 12.7. The highest BCUT2D eigenvalue weighted by Crippen LogP contribution is 2.37. The number of nitro groups is 1. The minimum atomic E-state index is -4.71. The third-order valence-electron chi connectivity index (χ3n) is 9.34. The lowest BCUT2D eigenvalue weighted by atomic mass is 10.1. The summed E-state index contributed by atoms with van der Waals surface area (Å²) in [6, 6.07) is 11.2. The summed E-state index contributed by atoms with van der Waals surface area (Å²) < 4.78 is 187. The first-order chi connectivity index (χ1) is 39.9. The second-order valence-corrected chi connectivity index (χ2v) is 21.2. The predicted molar refractivity (Wildman–Crippen MR) is 277 cm³/mol. The first kappa shape index (κ1) is 68.5. The summed E-state index contributed by atoms with van der Waals surface area (Å²) in [4.78, 5) is 87.9. The van der Waals surface area contributed by atoms with Crippen LogP contribution < -0.4 is 48.5 Å². The third kappa shape index (κ3) is 20.4. The van der Waals surface area contributed by atoms with Crippen LogP contribution in [0.15, 0.2) is 101 Å². The molecule has 0 saturated carbocycles. The van der Waals surface area contributed by atoms with Crippen LogP contribution in [0.25, 0.3) is 0 Å². The number of sulfonamides is 3. The van der Waals surface area contributed by atoms with Crippen molar-refractivity contribution in [3.05, 3.63) is 129 Å². The summed E-state index contributed by atoms with van der Waals surface area (Å²) in [5.74, 6) is -6.79. The number of anilines is 2. The lowest BCUT2D eigenvalue weighted by Crippen LogP contribution is -2.36. The molecule has 0 aliphatic rings. The number of aromatic carboxylic acids is 1. The van der Waals surface area contributed by atoms with E-state index < -0.39 is 139 Å². The molecule has 0 radical (unpaired) electrons. The predicted octanol–water partition coefficient (Wildman–Crippen LogP) is 5.74. The van der Waals surface area contributed by atoms with Crippen LogP contribution in [0.5, 0.6) is 35.0 Å². The smallest absolute Gasteiger partial charge is 0.416 e. The molecule has 42 heteroatoms. The molecule has 0 atom stereocenters. The van der Waals surface area contributed by atoms with Crippen LogP contribution in [0.1, 0.15) is 36.6 Å². The third-order valence-corrected chi connectivity index (χ3v) is 12.9. The van der Waals surface area contributed by atoms with E-state index in [1.54, 1.807) is 14.8 Å². The summed E-state index contributed by atoms with van der Waals surface area (Å²) in [5, 5.41) is 23.0. The number of aromatic nitrogens is 5. The number of nitro benzene ring substituents is 1. The van der Waals surface area contributed by atoms with E-state index in [9.17, 15) is 90.1 Å². The Labute approximate surface area is 483 Å². The summed E-state index contributed by atoms with van der Waals surface area (Å²) in [5.41, 5.74) is -3.18. The van der Waals surface area contributed by atoms with Crippen molar-refractivity contribution in [2.24, 2.45) is 0 Å². The maximum atomic E-state index is 12.7. The average Bonchev–Trinajstić information content (AvgIpc) is 2.02. The molecule has 0 fully saturated rings. The van der Waals surface area contributed by atoms with E-state index in [0.717, 1.165) is 36.4 Å². The number of amides is 6. The number of hydrogen-bond acceptors (Lipinski definition) is 23. The number of carboxylic acids is 1. The molecule has 0 bridgehead atoms. The van der Waals surface area contributed by atoms with Gasteiger partial charge in [-0.2, -0.15) is 59.1 Å². The van der Waals surface area contributed by atoms with Crippen molar-refractivity contribution in [1.82, 2.24) is 44.0 Å². The van der Waals surface area contributed by atoms with Gasteiger partial charge in [-0.05, 0) is 48.5 Å². The van der Waals surface area contributed by atoms with Gasteiger partial charge in [0.15, 0.2) is 5.03 Å². The minimum absolute atomic E-state index is 0.0913. The Morgan fingerprint density at radius 3 is 1.67 bits per heavy atom. The Hall–Kier alpha value is -10.0. The van der Waals surface area contributed by atoms with Gasteiger partial charge >= 0.3 is 37.4 Å². The molecule has 6 amide bonds. The fourth-order valence-electron chi connectivity index (χ4n) is 5.95. The van der Waals surface area contributed by atoms with Crippen LogP contribution in [0.3, 0.4) is 0 Å². The highest BCUT2D eigenvalue weighted by molar-refractivity contribution is 7.90. The SMILES string of the molecule is COc1cc(OC)nc(NC(=O)NS(=O)(=O)c2ncccc2C(=O)N(C)C)n1.CS(=O)(=O)NC(=O)c1cc(Oc2ccc(C(F)(F)F)cc2Cl)ccc1[N+](=O)[O-].O=C(Nc1nc(OC(F)F)cc(OC(F)F)n1)NS(=O)(=O)c1ccccc1C(=O)O. The zero-order chi connectivity index (χ0) is 64.6. The van der Waals surface area contributed by atoms with Gasteiger partial charge in [0, 0.05) is 32.4 Å². The molecule has 0 saturated heterocycles. The minimum Gasteiger partial charge on any atom is -0.481 e. The molecule has 0 unspecified atom stereocenters. The number of halogens is 8. The Kier molecular flexibility index (Phi) is 23.1. The molecule has 0 aliphatic carbocycles. The fourth-order valence-corrected chi connectivity index (χ4v) is 8.76. The fraction of sp³-hybridized carbons (Fsp3) is 0.182. The zero-order valence-corrected chi connectivity index (χ0v) is 46.7. The van der Waals surface area contributed by atoms with E-state index in [-0.39, 0.29) is 34.8 Å². The molecule has 3 heterocycles. The second-order valence-electron chi connectivity index (χ2n) is 15.8. The van der Waals surface area contributed by atoms with Crippen LogP contribution in [0.2, 0.25) is 5.02 Å². The van der Waals surface area contributed by atoms with Gasteiger partial charge in [0.1, 0.15) is 22.0 Å². The number of benzene rings is 3. The first-order valence-corrected chi connectivity index (χ1v) is 27.4. The highest BCUT2D eigenvalue weighted by atomic mass is 35.5. The van der Waals surface area contributed by atoms with Gasteiger partial charge < -0.3 is 33.7 Å². The van der Waals surface area contributed by atoms with E-state index >= 15 is 0 Å². The number of nitrogens with zero attached hydrogens (tertiary/aromatic N) is 7. The van der Waals surface area contributed by atoms with Gasteiger partial charge in [-0.3, -0.25) is 30.3 Å². The molecule has 462 valence electrons. The van der Waals surface area contributed by atoms with Crippen LogP contribution in [-0.2, 0) is 36.2 Å². The number of methoxy groups -OCH3 is 2. The number of nitrogens with one attached hydrogen (secondary N) is 5. The van der Waals surface area contributed by atoms with E-state index in [4.69, 9.17) is 30.9 Å². The number of ether oxygens (including phenoxy) is 5. The number of carbonyl (C=O) groups is 5. The Morgan fingerprint density at radius 2 is 1.20 bits per heavy atom. The van der Waals surface area contributed by atoms with Crippen LogP contribution in [-0.4, -0.2) is 143 Å². The largest absolute Gasteiger partial charge is 0.481 e. The van der Waals surface area contributed by atoms with E-state index in [2.05, 4.69) is 39.7 Å². The van der Waals surface area contributed by atoms with Crippen LogP contribution in [0.4, 0.5) is 57.9 Å². The lowest BCUT2D eigenvalue weighted by Gasteiger charge is -2.14. The monoisotopic (exact) mass is 1300 g/mol. The molecule has 31 nitrogen and oxygen atoms in total. The van der Waals surface area contributed by atoms with Gasteiger partial charge in [-0.15, -0.1) is 0 Å². The van der Waals surface area contributed by atoms with Gasteiger partial charge in [-0.1, -0.05) is 23.7 Å². The number of pyridine rings is 1. The Bertz CT molecular complexity index is 3850. The molecule has 6 N–H and O–H groups in total. The summed E-state index contributed by atoms with van der Waals surface area (Å²) in [7, 11) is -7.56. The van der Waals surface area contributed by atoms with Crippen LogP contribution in [0, 0.1) is 10.1 Å². The zero-order valence-electron chi connectivity index (χ0n) is 43.5. The quantitative estimate of drug-likeness (QED) is 0.0320.